The van der Waals surface area contributed by atoms with Gasteiger partial charge in [0.15, 0.2) is 5.96 Å². The Morgan fingerprint density at radius 2 is 1.84 bits per heavy atom. The maximum absolute atomic E-state index is 12.5. The van der Waals surface area contributed by atoms with E-state index in [-0.39, 0.29) is 29.9 Å². The molecule has 174 valence electrons. The topological polar surface area (TPSA) is 66.0 Å². The molecule has 0 saturated heterocycles. The second kappa shape index (κ2) is 13.3. The number of rotatable bonds is 9. The van der Waals surface area contributed by atoms with Crippen molar-refractivity contribution >= 4 is 35.8 Å². The Labute approximate surface area is 208 Å². The molecule has 0 atom stereocenters. The minimum absolute atomic E-state index is 0. The Morgan fingerprint density at radius 3 is 2.50 bits per heavy atom. The number of nitrogens with zero attached hydrogens (tertiary/aromatic N) is 2. The molecule has 0 unspecified atom stereocenters. The number of hydrogen-bond acceptors (Lipinski definition) is 3. The van der Waals surface area contributed by atoms with Gasteiger partial charge in [0.25, 0.3) is 0 Å². The molecule has 3 rings (SSSR count). The summed E-state index contributed by atoms with van der Waals surface area (Å²) in [4.78, 5) is 18.8. The molecule has 6 nitrogen and oxygen atoms in total. The molecule has 7 heteroatoms. The van der Waals surface area contributed by atoms with Crippen LogP contribution in [0.4, 0.5) is 0 Å². The highest BCUT2D eigenvalue weighted by atomic mass is 127. The van der Waals surface area contributed by atoms with Gasteiger partial charge in [-0.05, 0) is 42.5 Å². The van der Waals surface area contributed by atoms with Gasteiger partial charge in [-0.3, -0.25) is 9.79 Å². The van der Waals surface area contributed by atoms with Crippen LogP contribution in [0.15, 0.2) is 47.5 Å². The molecule has 2 N–H and O–H groups in total. The maximum Gasteiger partial charge on any atom is 0.223 e. The largest absolute Gasteiger partial charge is 0.493 e. The molecule has 0 saturated carbocycles. The lowest BCUT2D eigenvalue weighted by atomic mass is 10.1. The van der Waals surface area contributed by atoms with Crippen LogP contribution in [0.1, 0.15) is 48.4 Å². The van der Waals surface area contributed by atoms with E-state index in [0.29, 0.717) is 26.1 Å². The van der Waals surface area contributed by atoms with Gasteiger partial charge >= 0.3 is 0 Å². The first-order valence-corrected chi connectivity index (χ1v) is 11.1. The quantitative estimate of drug-likeness (QED) is 0.211. The van der Waals surface area contributed by atoms with Crippen LogP contribution >= 0.6 is 24.0 Å². The van der Waals surface area contributed by atoms with Crippen LogP contribution in [0.25, 0.3) is 0 Å². The summed E-state index contributed by atoms with van der Waals surface area (Å²) < 4.78 is 5.89. The number of nitrogens with one attached hydrogen (secondary N) is 2. The third-order valence-corrected chi connectivity index (χ3v) is 5.41. The predicted octanol–water partition coefficient (Wildman–Crippen LogP) is 4.39. The molecule has 32 heavy (non-hydrogen) atoms. The third kappa shape index (κ3) is 7.39. The number of hydrogen-bond donors (Lipinski definition) is 2. The zero-order valence-corrected chi connectivity index (χ0v) is 21.6. The second-order valence-electron chi connectivity index (χ2n) is 7.93. The van der Waals surface area contributed by atoms with Crippen molar-refractivity contribution in [2.24, 2.45) is 4.99 Å². The van der Waals surface area contributed by atoms with E-state index in [1.807, 2.05) is 17.0 Å². The molecule has 0 fully saturated rings. The minimum Gasteiger partial charge on any atom is -0.493 e. The van der Waals surface area contributed by atoms with E-state index in [9.17, 15) is 4.79 Å². The fraction of sp³-hybridized carbons (Fsp3) is 0.440. The molecule has 0 radical (unpaired) electrons. The van der Waals surface area contributed by atoms with Crippen molar-refractivity contribution in [2.75, 3.05) is 20.2 Å². The highest BCUT2D eigenvalue weighted by Gasteiger charge is 2.22. The molecule has 2 aromatic rings. The molecule has 0 aliphatic carbocycles. The summed E-state index contributed by atoms with van der Waals surface area (Å²) >= 11 is 0. The standard InChI is InChI=1S/C25H34N4O2.HI/c1-4-14-31-23-15-19(2)11-12-20(23)16-28-25(26-3)27-13-7-10-24(30)29-17-21-8-5-6-9-22(21)18-29;/h5-6,8-9,11-12,15H,4,7,10,13-14,16-18H2,1-3H3,(H2,26,27,28);1H. The van der Waals surface area contributed by atoms with Crippen molar-refractivity contribution in [3.8, 4) is 5.75 Å². The number of halogens is 1. The highest BCUT2D eigenvalue weighted by Crippen LogP contribution is 2.23. The lowest BCUT2D eigenvalue weighted by Gasteiger charge is -2.17. The molecular weight excluding hydrogens is 515 g/mol. The molecule has 2 aromatic carbocycles. The van der Waals surface area contributed by atoms with Crippen molar-refractivity contribution < 1.29 is 9.53 Å². The lowest BCUT2D eigenvalue weighted by molar-refractivity contribution is -0.131. The van der Waals surface area contributed by atoms with Crippen molar-refractivity contribution in [3.63, 3.8) is 0 Å². The van der Waals surface area contributed by atoms with E-state index < -0.39 is 0 Å². The average Bonchev–Trinajstić information content (AvgIpc) is 3.22. The van der Waals surface area contributed by atoms with E-state index in [1.165, 1.54) is 16.7 Å². The van der Waals surface area contributed by atoms with Gasteiger partial charge in [0.1, 0.15) is 5.75 Å². The molecule has 0 spiro atoms. The zero-order valence-electron chi connectivity index (χ0n) is 19.3. The van der Waals surface area contributed by atoms with Crippen LogP contribution < -0.4 is 15.4 Å². The number of carbonyl (C=O) groups is 1. The highest BCUT2D eigenvalue weighted by molar-refractivity contribution is 14.0. The fourth-order valence-corrected chi connectivity index (χ4v) is 3.67. The van der Waals surface area contributed by atoms with Crippen LogP contribution in [0.5, 0.6) is 5.75 Å². The van der Waals surface area contributed by atoms with E-state index >= 15 is 0 Å². The third-order valence-electron chi connectivity index (χ3n) is 5.41. The number of guanidine groups is 1. The van der Waals surface area contributed by atoms with Crippen molar-refractivity contribution in [3.05, 3.63) is 64.7 Å². The first kappa shape index (κ1) is 26.0. The first-order chi connectivity index (χ1) is 15.1. The SMILES string of the molecule is CCCOc1cc(C)ccc1CNC(=NC)NCCCC(=O)N1Cc2ccccc2C1.I. The van der Waals surface area contributed by atoms with Gasteiger partial charge in [-0.1, -0.05) is 43.3 Å². The summed E-state index contributed by atoms with van der Waals surface area (Å²) in [7, 11) is 1.76. The summed E-state index contributed by atoms with van der Waals surface area (Å²) in [5, 5.41) is 6.64. The zero-order chi connectivity index (χ0) is 22.1. The number of fused-ring (bicyclic) bond motifs is 1. The molecule has 1 aliphatic heterocycles. The van der Waals surface area contributed by atoms with Crippen molar-refractivity contribution in [1.82, 2.24) is 15.5 Å². The van der Waals surface area contributed by atoms with Crippen LogP contribution in [-0.2, 0) is 24.4 Å². The summed E-state index contributed by atoms with van der Waals surface area (Å²) in [6, 6.07) is 14.5. The second-order valence-corrected chi connectivity index (χ2v) is 7.93. The number of amides is 1. The van der Waals surface area contributed by atoms with Gasteiger partial charge in [0, 0.05) is 45.2 Å². The lowest BCUT2D eigenvalue weighted by Crippen LogP contribution is -2.37. The smallest absolute Gasteiger partial charge is 0.223 e. The molecule has 1 amide bonds. The van der Waals surface area contributed by atoms with E-state index in [0.717, 1.165) is 43.2 Å². The summed E-state index contributed by atoms with van der Waals surface area (Å²) in [6.07, 6.45) is 2.28. The minimum atomic E-state index is 0. The first-order valence-electron chi connectivity index (χ1n) is 11.1. The number of carbonyl (C=O) groups excluding carboxylic acids is 1. The maximum atomic E-state index is 12.5. The van der Waals surface area contributed by atoms with Crippen LogP contribution in [0.2, 0.25) is 0 Å². The Bertz CT molecular complexity index is 892. The summed E-state index contributed by atoms with van der Waals surface area (Å²) in [5.41, 5.74) is 4.81. The van der Waals surface area contributed by atoms with Gasteiger partial charge < -0.3 is 20.3 Å². The predicted molar refractivity (Wildman–Crippen MR) is 141 cm³/mol. The van der Waals surface area contributed by atoms with Crippen LogP contribution in [0.3, 0.4) is 0 Å². The normalized spacial score (nSPS) is 12.7. The number of aliphatic imine (C=N–C) groups is 1. The summed E-state index contributed by atoms with van der Waals surface area (Å²) in [5.74, 6) is 1.85. The van der Waals surface area contributed by atoms with Crippen molar-refractivity contribution in [1.29, 1.82) is 0 Å². The van der Waals surface area contributed by atoms with Gasteiger partial charge in [-0.25, -0.2) is 0 Å². The van der Waals surface area contributed by atoms with Gasteiger partial charge in [-0.2, -0.15) is 0 Å². The number of benzene rings is 2. The Kier molecular flexibility index (Phi) is 10.8. The average molecular weight is 550 g/mol. The van der Waals surface area contributed by atoms with Crippen LogP contribution in [0, 0.1) is 6.92 Å². The Hall–Kier alpha value is -2.29. The number of aryl methyl sites for hydroxylation is 1. The molecule has 1 aliphatic rings. The monoisotopic (exact) mass is 550 g/mol. The molecule has 0 bridgehead atoms. The Morgan fingerprint density at radius 1 is 1.12 bits per heavy atom. The molecule has 1 heterocycles. The van der Waals surface area contributed by atoms with Gasteiger partial charge in [0.2, 0.25) is 5.91 Å². The van der Waals surface area contributed by atoms with Crippen molar-refractivity contribution in [2.45, 2.75) is 52.7 Å². The molecular formula is C25H35IN4O2. The van der Waals surface area contributed by atoms with E-state index in [2.05, 4.69) is 59.8 Å². The van der Waals surface area contributed by atoms with E-state index in [4.69, 9.17) is 4.74 Å². The number of ether oxygens (including phenoxy) is 1. The Balaban J connectivity index is 0.00000363. The fourth-order valence-electron chi connectivity index (χ4n) is 3.67. The van der Waals surface area contributed by atoms with Crippen LogP contribution in [-0.4, -0.2) is 37.0 Å². The van der Waals surface area contributed by atoms with Gasteiger partial charge in [-0.15, -0.1) is 24.0 Å². The van der Waals surface area contributed by atoms with E-state index in [1.54, 1.807) is 7.05 Å². The summed E-state index contributed by atoms with van der Waals surface area (Å²) in [6.45, 7) is 7.66. The van der Waals surface area contributed by atoms with Gasteiger partial charge in [0.05, 0.1) is 6.61 Å². The molecule has 0 aromatic heterocycles.